The van der Waals surface area contributed by atoms with E-state index in [0.29, 0.717) is 32.0 Å². The average molecular weight is 415 g/mol. The molecule has 0 aliphatic heterocycles. The molecule has 166 valence electrons. The fourth-order valence-corrected chi connectivity index (χ4v) is 5.17. The summed E-state index contributed by atoms with van der Waals surface area (Å²) < 4.78 is 5.89. The van der Waals surface area contributed by atoms with E-state index in [1.54, 1.807) is 19.9 Å². The zero-order valence-corrected chi connectivity index (χ0v) is 18.7. The fourth-order valence-electron chi connectivity index (χ4n) is 5.17. The molecule has 3 rings (SSSR count). The minimum Gasteiger partial charge on any atom is -0.393 e. The molecule has 0 spiro atoms. The van der Waals surface area contributed by atoms with Gasteiger partial charge in [-0.25, -0.2) is 0 Å². The van der Waals surface area contributed by atoms with Crippen LogP contribution in [-0.2, 0) is 4.74 Å². The molecule has 0 amide bonds. The molecule has 4 heteroatoms. The zero-order chi connectivity index (χ0) is 21.9. The van der Waals surface area contributed by atoms with Gasteiger partial charge in [-0.05, 0) is 74.0 Å². The summed E-state index contributed by atoms with van der Waals surface area (Å²) in [7, 11) is 0. The number of hydrogen-bond donors (Lipinski definition) is 3. The van der Waals surface area contributed by atoms with Crippen LogP contribution in [0, 0.1) is 11.3 Å². The van der Waals surface area contributed by atoms with E-state index >= 15 is 0 Å². The number of ether oxygens (including phenoxy) is 1. The predicted octanol–water partition coefficient (Wildman–Crippen LogP) is 4.39. The van der Waals surface area contributed by atoms with Gasteiger partial charge in [-0.15, -0.1) is 0 Å². The molecule has 0 unspecified atom stereocenters. The second-order valence-corrected chi connectivity index (χ2v) is 9.93. The maximum absolute atomic E-state index is 10.1. The highest BCUT2D eigenvalue weighted by Crippen LogP contribution is 2.54. The molecule has 0 aromatic heterocycles. The highest BCUT2D eigenvalue weighted by molar-refractivity contribution is 5.40. The van der Waals surface area contributed by atoms with Crippen molar-refractivity contribution in [2.24, 2.45) is 11.3 Å². The molecule has 2 saturated carbocycles. The van der Waals surface area contributed by atoms with Crippen molar-refractivity contribution in [2.75, 3.05) is 13.2 Å². The molecule has 3 N–H and O–H groups in total. The van der Waals surface area contributed by atoms with Crippen LogP contribution in [0.5, 0.6) is 0 Å². The third kappa shape index (κ3) is 5.42. The van der Waals surface area contributed by atoms with Crippen LogP contribution < -0.4 is 0 Å². The lowest BCUT2D eigenvalue weighted by Crippen LogP contribution is -2.32. The number of hydrogen-bond acceptors (Lipinski definition) is 4. The van der Waals surface area contributed by atoms with Crippen LogP contribution in [-0.4, -0.2) is 46.3 Å². The van der Waals surface area contributed by atoms with Gasteiger partial charge >= 0.3 is 0 Å². The lowest BCUT2D eigenvalue weighted by atomic mass is 9.64. The number of aliphatic hydroxyl groups is 3. The van der Waals surface area contributed by atoms with Crippen molar-refractivity contribution < 1.29 is 20.1 Å². The normalized spacial score (nSPS) is 35.3. The van der Waals surface area contributed by atoms with Gasteiger partial charge < -0.3 is 20.1 Å². The minimum atomic E-state index is -0.805. The van der Waals surface area contributed by atoms with Gasteiger partial charge in [0.05, 0.1) is 31.0 Å². The number of aliphatic hydroxyl groups excluding tert-OH is 2. The number of rotatable bonds is 6. The van der Waals surface area contributed by atoms with Crippen molar-refractivity contribution in [3.8, 4) is 0 Å². The van der Waals surface area contributed by atoms with E-state index < -0.39 is 17.8 Å². The molecule has 0 radical (unpaired) electrons. The van der Waals surface area contributed by atoms with Gasteiger partial charge in [0.1, 0.15) is 0 Å². The van der Waals surface area contributed by atoms with Crippen LogP contribution in [0.25, 0.3) is 0 Å². The second-order valence-electron chi connectivity index (χ2n) is 9.93. The standard InChI is InChI=1S/C26H38O4/c1-18-20(15-22(27)16-24(18)28)9-8-19-7-5-13-26(4)21(10-11-23(19)26)17-30-14-6-12-25(2,3)29/h6,8-10,12,22-24,27-29H,1,5,7,11,13-17H2,2-4H3/b12-6+,19-8?,20-9?/t22-,23+,24+,26-/m1/s1. The highest BCUT2D eigenvalue weighted by atomic mass is 16.5. The Kier molecular flexibility index (Phi) is 7.24. The minimum absolute atomic E-state index is 0.130. The third-order valence-corrected chi connectivity index (χ3v) is 6.97. The summed E-state index contributed by atoms with van der Waals surface area (Å²) in [6.45, 7) is 11.0. The van der Waals surface area contributed by atoms with E-state index in [9.17, 15) is 15.3 Å². The third-order valence-electron chi connectivity index (χ3n) is 6.97. The summed E-state index contributed by atoms with van der Waals surface area (Å²) in [6.07, 6.45) is 14.6. The average Bonchev–Trinajstić information content (AvgIpc) is 2.99. The molecule has 3 aliphatic rings. The SMILES string of the molecule is C=C1C(=CC=C2CCC[C@]3(C)C(COC/C=C/C(C)(C)O)=CC[C@@H]23)C[C@@H](O)C[C@@H]1O. The van der Waals surface area contributed by atoms with Gasteiger partial charge in [0.2, 0.25) is 0 Å². The van der Waals surface area contributed by atoms with E-state index in [1.165, 1.54) is 17.6 Å². The Hall–Kier alpha value is -1.46. The first kappa shape index (κ1) is 23.2. The molecule has 2 fully saturated rings. The van der Waals surface area contributed by atoms with Crippen molar-refractivity contribution >= 4 is 0 Å². The van der Waals surface area contributed by atoms with Gasteiger partial charge in [-0.2, -0.15) is 0 Å². The molecule has 4 atom stereocenters. The van der Waals surface area contributed by atoms with Gasteiger partial charge in [0.15, 0.2) is 0 Å². The van der Waals surface area contributed by atoms with E-state index in [2.05, 4.69) is 31.7 Å². The summed E-state index contributed by atoms with van der Waals surface area (Å²) >= 11 is 0. The first-order valence-electron chi connectivity index (χ1n) is 11.2. The van der Waals surface area contributed by atoms with Crippen LogP contribution >= 0.6 is 0 Å². The lowest BCUT2D eigenvalue weighted by molar-refractivity contribution is 0.0862. The largest absolute Gasteiger partial charge is 0.393 e. The Morgan fingerprint density at radius 1 is 1.30 bits per heavy atom. The van der Waals surface area contributed by atoms with E-state index in [4.69, 9.17) is 4.74 Å². The van der Waals surface area contributed by atoms with Crippen molar-refractivity contribution in [3.05, 3.63) is 59.3 Å². The molecular weight excluding hydrogens is 376 g/mol. The first-order chi connectivity index (χ1) is 14.1. The molecule has 4 nitrogen and oxygen atoms in total. The maximum atomic E-state index is 10.1. The van der Waals surface area contributed by atoms with Gasteiger partial charge in [0.25, 0.3) is 0 Å². The Morgan fingerprint density at radius 3 is 2.80 bits per heavy atom. The molecule has 0 bridgehead atoms. The quantitative estimate of drug-likeness (QED) is 0.445. The summed E-state index contributed by atoms with van der Waals surface area (Å²) in [5.41, 5.74) is 3.87. The van der Waals surface area contributed by atoms with Crippen LogP contribution in [0.3, 0.4) is 0 Å². The summed E-state index contributed by atoms with van der Waals surface area (Å²) in [6, 6.07) is 0. The van der Waals surface area contributed by atoms with Crippen molar-refractivity contribution in [2.45, 2.75) is 77.1 Å². The van der Waals surface area contributed by atoms with E-state index in [0.717, 1.165) is 30.4 Å². The molecule has 3 aliphatic carbocycles. The van der Waals surface area contributed by atoms with Gasteiger partial charge in [0, 0.05) is 6.42 Å². The van der Waals surface area contributed by atoms with Crippen molar-refractivity contribution in [1.29, 1.82) is 0 Å². The fraction of sp³-hybridized carbons (Fsp3) is 0.615. The molecule has 0 aromatic rings. The van der Waals surface area contributed by atoms with Crippen molar-refractivity contribution in [3.63, 3.8) is 0 Å². The Balaban J connectivity index is 1.65. The second kappa shape index (κ2) is 9.35. The van der Waals surface area contributed by atoms with Gasteiger partial charge in [-0.3, -0.25) is 0 Å². The zero-order valence-electron chi connectivity index (χ0n) is 18.7. The lowest BCUT2D eigenvalue weighted by Gasteiger charge is -2.41. The topological polar surface area (TPSA) is 69.9 Å². The predicted molar refractivity (Wildman–Crippen MR) is 121 cm³/mol. The van der Waals surface area contributed by atoms with Crippen LogP contribution in [0.1, 0.15) is 59.3 Å². The summed E-state index contributed by atoms with van der Waals surface area (Å²) in [5.74, 6) is 0.486. The van der Waals surface area contributed by atoms with Crippen LogP contribution in [0.15, 0.2) is 59.3 Å². The smallest absolute Gasteiger partial charge is 0.0811 e. The van der Waals surface area contributed by atoms with Crippen LogP contribution in [0.4, 0.5) is 0 Å². The number of fused-ring (bicyclic) bond motifs is 1. The molecule has 30 heavy (non-hydrogen) atoms. The van der Waals surface area contributed by atoms with E-state index in [1.807, 2.05) is 6.08 Å². The molecule has 0 aromatic carbocycles. The van der Waals surface area contributed by atoms with E-state index in [-0.39, 0.29) is 5.41 Å². The van der Waals surface area contributed by atoms with Crippen LogP contribution in [0.2, 0.25) is 0 Å². The first-order valence-corrected chi connectivity index (χ1v) is 11.2. The van der Waals surface area contributed by atoms with Gasteiger partial charge in [-0.1, -0.05) is 49.5 Å². The monoisotopic (exact) mass is 414 g/mol. The Labute approximate surface area is 181 Å². The van der Waals surface area contributed by atoms with Crippen molar-refractivity contribution in [1.82, 2.24) is 0 Å². The summed E-state index contributed by atoms with van der Waals surface area (Å²) in [4.78, 5) is 0. The Morgan fingerprint density at radius 2 is 2.07 bits per heavy atom. The summed E-state index contributed by atoms with van der Waals surface area (Å²) in [5, 5.41) is 29.8. The Bertz CT molecular complexity index is 764. The highest BCUT2D eigenvalue weighted by Gasteiger charge is 2.44. The molecule has 0 heterocycles. The number of allylic oxidation sites excluding steroid dienone is 4. The maximum Gasteiger partial charge on any atom is 0.0811 e. The molecule has 0 saturated heterocycles. The molecular formula is C26H38O4.